The highest BCUT2D eigenvalue weighted by molar-refractivity contribution is 5.96. The molecule has 3 N–H and O–H groups in total. The zero-order valence-electron chi connectivity index (χ0n) is 13.9. The molecule has 0 radical (unpaired) electrons. The highest BCUT2D eigenvalue weighted by Crippen LogP contribution is 2.22. The maximum Gasteiger partial charge on any atom is 0.269 e. The predicted octanol–water partition coefficient (Wildman–Crippen LogP) is -0.0470. The fraction of sp³-hybridized carbons (Fsp3) is 0.375. The first kappa shape index (κ1) is 18.4. The number of likely N-dealkylation sites (tertiary alicyclic amines) is 1. The van der Waals surface area contributed by atoms with Crippen molar-refractivity contribution in [3.05, 3.63) is 30.1 Å². The number of halogens is 1. The number of hydrogen-bond donors (Lipinski definition) is 2. The maximum absolute atomic E-state index is 13.7. The number of alkyl halides is 1. The molecule has 2 atom stereocenters. The smallest absolute Gasteiger partial charge is 0.269 e. The number of hydrogen-bond acceptors (Lipinski definition) is 4. The van der Waals surface area contributed by atoms with Crippen molar-refractivity contribution in [3.63, 3.8) is 0 Å². The van der Waals surface area contributed by atoms with Gasteiger partial charge in [0, 0.05) is 19.0 Å². The second-order valence-corrected chi connectivity index (χ2v) is 5.59. The van der Waals surface area contributed by atoms with E-state index >= 15 is 0 Å². The molecule has 0 aliphatic carbocycles. The molecule has 0 bridgehead atoms. The van der Waals surface area contributed by atoms with Gasteiger partial charge in [0.25, 0.3) is 5.91 Å². The lowest BCUT2D eigenvalue weighted by atomic mass is 10.1. The summed E-state index contributed by atoms with van der Waals surface area (Å²) in [4.78, 5) is 37.1. The predicted molar refractivity (Wildman–Crippen MR) is 90.0 cm³/mol. The largest absolute Gasteiger partial charge is 0.364 e. The normalized spacial score (nSPS) is 19.5. The molecule has 25 heavy (non-hydrogen) atoms. The second-order valence-electron chi connectivity index (χ2n) is 5.59. The van der Waals surface area contributed by atoms with Crippen molar-refractivity contribution in [1.29, 1.82) is 0 Å². The number of nitrogens with zero attached hydrogens (tertiary/aromatic N) is 3. The molecule has 2 unspecified atom stereocenters. The van der Waals surface area contributed by atoms with Crippen LogP contribution < -0.4 is 11.1 Å². The first-order valence-electron chi connectivity index (χ1n) is 7.64. The van der Waals surface area contributed by atoms with E-state index in [1.807, 2.05) is 0 Å². The van der Waals surface area contributed by atoms with Crippen LogP contribution in [0.15, 0.2) is 13.2 Å². The molecule has 134 valence electrons. The number of nitrogens with one attached hydrogen (secondary N) is 1. The number of amides is 3. The van der Waals surface area contributed by atoms with E-state index in [2.05, 4.69) is 23.6 Å². The Morgan fingerprint density at radius 2 is 2.08 bits per heavy atom. The van der Waals surface area contributed by atoms with Gasteiger partial charge in [0.15, 0.2) is 5.69 Å². The van der Waals surface area contributed by atoms with Gasteiger partial charge in [0.2, 0.25) is 11.8 Å². The SMILES string of the molecule is C=Cc1c(C(N)=O)nn(CC(=O)N2CC(F)CC2C(=O)NC)c1C=C. The Hall–Kier alpha value is -2.97. The zero-order chi connectivity index (χ0) is 18.7. The average Bonchev–Trinajstić information content (AvgIpc) is 3.14. The minimum absolute atomic E-state index is 0.0367. The molecule has 0 spiro atoms. The third-order valence-corrected chi connectivity index (χ3v) is 4.07. The number of rotatable bonds is 6. The highest BCUT2D eigenvalue weighted by Gasteiger charge is 2.39. The van der Waals surface area contributed by atoms with Gasteiger partial charge in [-0.25, -0.2) is 4.39 Å². The van der Waals surface area contributed by atoms with Crippen molar-refractivity contribution in [2.24, 2.45) is 5.73 Å². The summed E-state index contributed by atoms with van der Waals surface area (Å²) in [6, 6.07) is -0.871. The molecule has 3 amide bonds. The Balaban J connectivity index is 2.31. The number of carbonyl (C=O) groups is 3. The van der Waals surface area contributed by atoms with E-state index in [9.17, 15) is 18.8 Å². The van der Waals surface area contributed by atoms with Crippen molar-refractivity contribution < 1.29 is 18.8 Å². The Morgan fingerprint density at radius 1 is 1.40 bits per heavy atom. The molecule has 9 heteroatoms. The molecular weight excluding hydrogens is 329 g/mol. The van der Waals surface area contributed by atoms with E-state index in [1.54, 1.807) is 0 Å². The van der Waals surface area contributed by atoms with E-state index in [-0.39, 0.29) is 25.2 Å². The van der Waals surface area contributed by atoms with Gasteiger partial charge in [-0.15, -0.1) is 0 Å². The number of likely N-dealkylation sites (N-methyl/N-ethyl adjacent to an activating group) is 1. The van der Waals surface area contributed by atoms with Crippen LogP contribution in [-0.4, -0.2) is 58.2 Å². The molecule has 1 aliphatic heterocycles. The number of carbonyl (C=O) groups excluding carboxylic acids is 3. The minimum atomic E-state index is -1.27. The van der Waals surface area contributed by atoms with Gasteiger partial charge in [-0.2, -0.15) is 5.10 Å². The minimum Gasteiger partial charge on any atom is -0.364 e. The molecule has 2 heterocycles. The number of primary amides is 1. The van der Waals surface area contributed by atoms with Crippen molar-refractivity contribution in [3.8, 4) is 0 Å². The third kappa shape index (κ3) is 3.44. The Kier molecular flexibility index (Phi) is 5.35. The van der Waals surface area contributed by atoms with Crippen LogP contribution >= 0.6 is 0 Å². The van der Waals surface area contributed by atoms with Gasteiger partial charge in [-0.05, 0) is 6.08 Å². The van der Waals surface area contributed by atoms with E-state index in [0.717, 1.165) is 0 Å². The lowest BCUT2D eigenvalue weighted by Crippen LogP contribution is -2.46. The molecule has 1 fully saturated rings. The van der Waals surface area contributed by atoms with Crippen molar-refractivity contribution in [2.75, 3.05) is 13.6 Å². The van der Waals surface area contributed by atoms with Gasteiger partial charge in [0.1, 0.15) is 18.8 Å². The molecule has 2 rings (SSSR count). The standard InChI is InChI=1S/C16H20FN5O3/c1-4-10-11(5-2)22(20-14(10)15(18)24)8-13(23)21-7-9(17)6-12(21)16(25)19-3/h4-5,9,12H,1-2,6-8H2,3H3,(H2,18,24)(H,19,25). The van der Waals surface area contributed by atoms with Gasteiger partial charge < -0.3 is 16.0 Å². The summed E-state index contributed by atoms with van der Waals surface area (Å²) in [5.41, 5.74) is 6.00. The Morgan fingerprint density at radius 3 is 2.60 bits per heavy atom. The van der Waals surface area contributed by atoms with Gasteiger partial charge in [-0.1, -0.05) is 19.2 Å². The van der Waals surface area contributed by atoms with Gasteiger partial charge >= 0.3 is 0 Å². The summed E-state index contributed by atoms with van der Waals surface area (Å²) >= 11 is 0. The zero-order valence-corrected chi connectivity index (χ0v) is 13.9. The topological polar surface area (TPSA) is 110 Å². The molecule has 1 aromatic rings. The summed E-state index contributed by atoms with van der Waals surface area (Å²) in [5.74, 6) is -1.69. The molecular formula is C16H20FN5O3. The summed E-state index contributed by atoms with van der Waals surface area (Å²) in [7, 11) is 1.43. The summed E-state index contributed by atoms with van der Waals surface area (Å²) < 4.78 is 15.0. The van der Waals surface area contributed by atoms with Crippen LogP contribution in [0.2, 0.25) is 0 Å². The van der Waals surface area contributed by atoms with Crippen LogP contribution in [0.4, 0.5) is 4.39 Å². The van der Waals surface area contributed by atoms with Crippen LogP contribution in [0.5, 0.6) is 0 Å². The van der Waals surface area contributed by atoms with E-state index in [1.165, 1.54) is 28.8 Å². The first-order chi connectivity index (χ1) is 11.8. The van der Waals surface area contributed by atoms with Crippen LogP contribution in [0.3, 0.4) is 0 Å². The average molecular weight is 349 g/mol. The molecule has 0 aromatic carbocycles. The first-order valence-corrected chi connectivity index (χ1v) is 7.64. The number of nitrogens with two attached hydrogens (primary N) is 1. The third-order valence-electron chi connectivity index (χ3n) is 4.07. The quantitative estimate of drug-likeness (QED) is 0.750. The monoisotopic (exact) mass is 349 g/mol. The van der Waals surface area contributed by atoms with E-state index in [4.69, 9.17) is 5.73 Å². The number of aromatic nitrogens is 2. The van der Waals surface area contributed by atoms with Gasteiger partial charge in [0.05, 0.1) is 12.2 Å². The van der Waals surface area contributed by atoms with Crippen LogP contribution in [-0.2, 0) is 16.1 Å². The van der Waals surface area contributed by atoms with Crippen LogP contribution in [0.1, 0.15) is 28.2 Å². The fourth-order valence-corrected chi connectivity index (χ4v) is 2.90. The Labute approximate surface area is 144 Å². The molecule has 8 nitrogen and oxygen atoms in total. The highest BCUT2D eigenvalue weighted by atomic mass is 19.1. The maximum atomic E-state index is 13.7. The lowest BCUT2D eigenvalue weighted by molar-refractivity contribution is -0.138. The summed E-state index contributed by atoms with van der Waals surface area (Å²) in [6.45, 7) is 6.79. The molecule has 1 aromatic heterocycles. The van der Waals surface area contributed by atoms with Crippen molar-refractivity contribution in [2.45, 2.75) is 25.2 Å². The van der Waals surface area contributed by atoms with Crippen LogP contribution in [0.25, 0.3) is 12.2 Å². The molecule has 0 saturated carbocycles. The van der Waals surface area contributed by atoms with Crippen molar-refractivity contribution in [1.82, 2.24) is 20.0 Å². The van der Waals surface area contributed by atoms with E-state index in [0.29, 0.717) is 11.3 Å². The van der Waals surface area contributed by atoms with E-state index < -0.39 is 29.9 Å². The molecule has 1 saturated heterocycles. The van der Waals surface area contributed by atoms with Crippen molar-refractivity contribution >= 4 is 29.9 Å². The van der Waals surface area contributed by atoms with Gasteiger partial charge in [-0.3, -0.25) is 19.1 Å². The fourth-order valence-electron chi connectivity index (χ4n) is 2.90. The van der Waals surface area contributed by atoms with Crippen LogP contribution in [0, 0.1) is 0 Å². The second kappa shape index (κ2) is 7.29. The Bertz CT molecular complexity index is 742. The molecule has 1 aliphatic rings. The summed E-state index contributed by atoms with van der Waals surface area (Å²) in [5, 5.41) is 6.45. The summed E-state index contributed by atoms with van der Waals surface area (Å²) in [6.07, 6.45) is 1.49. The lowest BCUT2D eigenvalue weighted by Gasteiger charge is -2.23.